The molecule has 0 atom stereocenters. The molecule has 2 heterocycles. The summed E-state index contributed by atoms with van der Waals surface area (Å²) in [5.41, 5.74) is 1.58. The molecule has 6 heteroatoms. The molecule has 0 fully saturated rings. The van der Waals surface area contributed by atoms with Gasteiger partial charge in [-0.1, -0.05) is 0 Å². The summed E-state index contributed by atoms with van der Waals surface area (Å²) in [5, 5.41) is 0. The maximum absolute atomic E-state index is 4.12. The number of nitrogens with zero attached hydrogens (tertiary/aromatic N) is 4. The van der Waals surface area contributed by atoms with Crippen LogP contribution in [-0.2, 0) is 0 Å². The summed E-state index contributed by atoms with van der Waals surface area (Å²) in [7, 11) is 3.87. The molecule has 2 rings (SSSR count). The van der Waals surface area contributed by atoms with Crippen molar-refractivity contribution in [2.75, 3.05) is 19.0 Å². The predicted octanol–water partition coefficient (Wildman–Crippen LogP) is -2.58. The number of rotatable bonds is 1. The molecule has 0 saturated carbocycles. The standard InChI is InChI=1S/C7H9N5.Na/c1-12(2)7-5-6(9-3-8-5)10-4-11-7;/h3-4H,1-2H3,(H,8,9,10,11);/q;+1. The summed E-state index contributed by atoms with van der Waals surface area (Å²) in [6.45, 7) is 0. The van der Waals surface area contributed by atoms with Gasteiger partial charge in [0.25, 0.3) is 0 Å². The molecule has 2 aromatic rings. The number of aromatic amines is 1. The zero-order valence-corrected chi connectivity index (χ0v) is 9.94. The Morgan fingerprint density at radius 1 is 1.23 bits per heavy atom. The van der Waals surface area contributed by atoms with Crippen LogP contribution in [0.15, 0.2) is 12.7 Å². The summed E-state index contributed by atoms with van der Waals surface area (Å²) in [5.74, 6) is 0.859. The number of hydrogen-bond acceptors (Lipinski definition) is 4. The van der Waals surface area contributed by atoms with E-state index in [-0.39, 0.29) is 29.6 Å². The first kappa shape index (κ1) is 10.4. The van der Waals surface area contributed by atoms with E-state index >= 15 is 0 Å². The summed E-state index contributed by atoms with van der Waals surface area (Å²) < 4.78 is 0. The first-order valence-electron chi connectivity index (χ1n) is 3.60. The Morgan fingerprint density at radius 3 is 2.69 bits per heavy atom. The molecule has 0 saturated heterocycles. The largest absolute Gasteiger partial charge is 1.00 e. The van der Waals surface area contributed by atoms with Crippen LogP contribution in [0, 0.1) is 0 Å². The average molecular weight is 186 g/mol. The Bertz CT molecular complexity index is 396. The molecule has 0 unspecified atom stereocenters. The van der Waals surface area contributed by atoms with Gasteiger partial charge in [-0.25, -0.2) is 15.0 Å². The molecule has 0 amide bonds. The summed E-state index contributed by atoms with van der Waals surface area (Å²) in [6.07, 6.45) is 3.13. The van der Waals surface area contributed by atoms with Crippen LogP contribution in [-0.4, -0.2) is 34.0 Å². The van der Waals surface area contributed by atoms with E-state index in [1.807, 2.05) is 19.0 Å². The minimum atomic E-state index is 0. The molecule has 0 aromatic carbocycles. The number of nitrogens with one attached hydrogen (secondary N) is 1. The SMILES string of the molecule is CN(C)c1ncnc2nc[nH]c12.[Na+]. The van der Waals surface area contributed by atoms with Crippen LogP contribution in [0.3, 0.4) is 0 Å². The average Bonchev–Trinajstić information content (AvgIpc) is 2.49. The first-order chi connectivity index (χ1) is 5.79. The molecule has 13 heavy (non-hydrogen) atoms. The van der Waals surface area contributed by atoms with Crippen molar-refractivity contribution in [1.29, 1.82) is 0 Å². The summed E-state index contributed by atoms with van der Waals surface area (Å²) in [4.78, 5) is 17.1. The summed E-state index contributed by atoms with van der Waals surface area (Å²) in [6, 6.07) is 0. The second-order valence-corrected chi connectivity index (χ2v) is 2.69. The van der Waals surface area contributed by atoms with Crippen molar-refractivity contribution >= 4 is 17.0 Å². The Balaban J connectivity index is 0.000000845. The molecule has 0 aliphatic rings. The second kappa shape index (κ2) is 4.04. The van der Waals surface area contributed by atoms with Crippen LogP contribution in [0.4, 0.5) is 5.82 Å². The van der Waals surface area contributed by atoms with Crippen LogP contribution in [0.25, 0.3) is 11.2 Å². The van der Waals surface area contributed by atoms with E-state index < -0.39 is 0 Å². The molecule has 0 radical (unpaired) electrons. The minimum Gasteiger partial charge on any atom is -0.361 e. The molecule has 2 aromatic heterocycles. The molecule has 62 valence electrons. The number of aromatic nitrogens is 4. The molecular formula is C7H9N5Na+. The molecule has 0 aliphatic heterocycles. The molecule has 1 N–H and O–H groups in total. The topological polar surface area (TPSA) is 57.7 Å². The van der Waals surface area contributed by atoms with E-state index in [4.69, 9.17) is 0 Å². The Labute approximate surface area is 97.9 Å². The fourth-order valence-electron chi connectivity index (χ4n) is 1.09. The third kappa shape index (κ3) is 1.82. The van der Waals surface area contributed by atoms with Crippen LogP contribution >= 0.6 is 0 Å². The normalized spacial score (nSPS) is 9.69. The fourth-order valence-corrected chi connectivity index (χ4v) is 1.09. The summed E-state index contributed by atoms with van der Waals surface area (Å²) >= 11 is 0. The van der Waals surface area contributed by atoms with Gasteiger partial charge in [0.15, 0.2) is 11.5 Å². The minimum absolute atomic E-state index is 0. The van der Waals surface area contributed by atoms with Crippen LogP contribution in [0.5, 0.6) is 0 Å². The molecule has 0 bridgehead atoms. The van der Waals surface area contributed by atoms with Crippen LogP contribution in [0.1, 0.15) is 0 Å². The third-order valence-electron chi connectivity index (χ3n) is 1.63. The Kier molecular flexibility index (Phi) is 3.24. The van der Waals surface area contributed by atoms with Gasteiger partial charge >= 0.3 is 29.6 Å². The van der Waals surface area contributed by atoms with Gasteiger partial charge in [0, 0.05) is 14.1 Å². The van der Waals surface area contributed by atoms with Crippen molar-refractivity contribution < 1.29 is 29.6 Å². The van der Waals surface area contributed by atoms with Gasteiger partial charge in [0.1, 0.15) is 11.8 Å². The first-order valence-corrected chi connectivity index (χ1v) is 3.60. The maximum atomic E-state index is 4.12. The van der Waals surface area contributed by atoms with Crippen LogP contribution < -0.4 is 34.5 Å². The van der Waals surface area contributed by atoms with E-state index in [9.17, 15) is 0 Å². The van der Waals surface area contributed by atoms with Crippen molar-refractivity contribution in [3.8, 4) is 0 Å². The molecular weight excluding hydrogens is 177 g/mol. The van der Waals surface area contributed by atoms with Crippen molar-refractivity contribution in [3.05, 3.63) is 12.7 Å². The fraction of sp³-hybridized carbons (Fsp3) is 0.286. The maximum Gasteiger partial charge on any atom is 1.00 e. The quantitative estimate of drug-likeness (QED) is 0.497. The van der Waals surface area contributed by atoms with Gasteiger partial charge in [-0.3, -0.25) is 0 Å². The number of hydrogen-bond donors (Lipinski definition) is 1. The van der Waals surface area contributed by atoms with E-state index in [1.165, 1.54) is 6.33 Å². The smallest absolute Gasteiger partial charge is 0.361 e. The van der Waals surface area contributed by atoms with Crippen LogP contribution in [0.2, 0.25) is 0 Å². The second-order valence-electron chi connectivity index (χ2n) is 2.69. The van der Waals surface area contributed by atoms with Crippen molar-refractivity contribution in [2.45, 2.75) is 0 Å². The zero-order chi connectivity index (χ0) is 8.55. The van der Waals surface area contributed by atoms with Crippen molar-refractivity contribution in [1.82, 2.24) is 19.9 Å². The van der Waals surface area contributed by atoms with Gasteiger partial charge in [0.05, 0.1) is 6.33 Å². The zero-order valence-electron chi connectivity index (χ0n) is 7.94. The molecule has 0 spiro atoms. The van der Waals surface area contributed by atoms with Gasteiger partial charge in [0.2, 0.25) is 0 Å². The van der Waals surface area contributed by atoms with E-state index in [2.05, 4.69) is 19.9 Å². The van der Waals surface area contributed by atoms with Gasteiger partial charge in [-0.15, -0.1) is 0 Å². The molecule has 0 aliphatic carbocycles. The number of imidazole rings is 1. The van der Waals surface area contributed by atoms with Crippen molar-refractivity contribution in [2.24, 2.45) is 0 Å². The van der Waals surface area contributed by atoms with E-state index in [1.54, 1.807) is 6.33 Å². The predicted molar refractivity (Wildman–Crippen MR) is 46.0 cm³/mol. The van der Waals surface area contributed by atoms with Gasteiger partial charge < -0.3 is 9.88 Å². The van der Waals surface area contributed by atoms with Crippen molar-refractivity contribution in [3.63, 3.8) is 0 Å². The van der Waals surface area contributed by atoms with E-state index in [0.29, 0.717) is 5.65 Å². The third-order valence-corrected chi connectivity index (χ3v) is 1.63. The number of fused-ring (bicyclic) bond motifs is 1. The Morgan fingerprint density at radius 2 is 2.00 bits per heavy atom. The van der Waals surface area contributed by atoms with Gasteiger partial charge in [-0.2, -0.15) is 0 Å². The van der Waals surface area contributed by atoms with E-state index in [0.717, 1.165) is 11.3 Å². The molecule has 5 nitrogen and oxygen atoms in total. The van der Waals surface area contributed by atoms with Gasteiger partial charge in [-0.05, 0) is 0 Å². The number of H-pyrrole nitrogens is 1. The Hall–Kier alpha value is -0.650. The monoisotopic (exact) mass is 186 g/mol. The number of anilines is 1.